The lowest BCUT2D eigenvalue weighted by Gasteiger charge is -1.92. The lowest BCUT2D eigenvalue weighted by Crippen LogP contribution is -1.94. The molecule has 0 saturated heterocycles. The molecule has 0 bridgehead atoms. The third kappa shape index (κ3) is 3.65. The van der Waals surface area contributed by atoms with E-state index < -0.39 is 5.56 Å². The highest BCUT2D eigenvalue weighted by Crippen LogP contribution is 1.90. The first-order chi connectivity index (χ1) is 3.31. The molecule has 40 valence electrons. The first-order valence-electron chi connectivity index (χ1n) is 1.90. The lowest BCUT2D eigenvalue weighted by atomic mass is 10.6. The Hall–Kier alpha value is -0.190. The number of rotatable bonds is 1. The average Bonchev–Trinajstić information content (AvgIpc) is 1.68. The fourth-order valence-electron chi connectivity index (χ4n) is 0.172. The number of hydrogen-bond donors (Lipinski definition) is 0. The normalized spacial score (nSPS) is 11.9. The van der Waals surface area contributed by atoms with Gasteiger partial charge in [-0.05, 0) is 6.92 Å². The molecule has 0 aliphatic carbocycles. The van der Waals surface area contributed by atoms with Gasteiger partial charge in [-0.1, -0.05) is 17.5 Å². The van der Waals surface area contributed by atoms with Gasteiger partial charge >= 0.3 is 0 Å². The summed E-state index contributed by atoms with van der Waals surface area (Å²) in [5.74, 6) is 5.20. The second kappa shape index (κ2) is 3.98. The molecule has 0 fully saturated rings. The van der Waals surface area contributed by atoms with Crippen LogP contribution >= 0.6 is 11.6 Å². The van der Waals surface area contributed by atoms with E-state index in [1.807, 2.05) is 0 Å². The van der Waals surface area contributed by atoms with E-state index in [1.165, 1.54) is 7.11 Å². The van der Waals surface area contributed by atoms with Crippen LogP contribution in [0.15, 0.2) is 0 Å². The van der Waals surface area contributed by atoms with Crippen LogP contribution in [0, 0.1) is 11.8 Å². The van der Waals surface area contributed by atoms with Crippen molar-refractivity contribution < 1.29 is 4.74 Å². The minimum Gasteiger partial charge on any atom is -0.355 e. The van der Waals surface area contributed by atoms with Crippen molar-refractivity contribution in [2.75, 3.05) is 7.11 Å². The summed E-state index contributed by atoms with van der Waals surface area (Å²) in [5, 5.41) is 0. The molecule has 0 heterocycles. The number of halogens is 1. The van der Waals surface area contributed by atoms with E-state index in [0.29, 0.717) is 0 Å². The fraction of sp³-hybridized carbons (Fsp3) is 0.600. The average molecular weight is 119 g/mol. The zero-order valence-corrected chi connectivity index (χ0v) is 5.12. The largest absolute Gasteiger partial charge is 0.355 e. The molecule has 0 N–H and O–H groups in total. The van der Waals surface area contributed by atoms with Crippen LogP contribution in [0.5, 0.6) is 0 Å². The molecule has 1 nitrogen and oxygen atoms in total. The van der Waals surface area contributed by atoms with E-state index in [2.05, 4.69) is 16.6 Å². The molecule has 0 radical (unpaired) electrons. The van der Waals surface area contributed by atoms with Gasteiger partial charge in [-0.15, -0.1) is 5.92 Å². The minimum atomic E-state index is -0.440. The summed E-state index contributed by atoms with van der Waals surface area (Å²) in [6, 6.07) is 0. The zero-order valence-electron chi connectivity index (χ0n) is 4.36. The molecular formula is C5H7ClO. The molecule has 0 saturated carbocycles. The Morgan fingerprint density at radius 1 is 1.71 bits per heavy atom. The first kappa shape index (κ1) is 6.81. The van der Waals surface area contributed by atoms with E-state index in [-0.39, 0.29) is 0 Å². The van der Waals surface area contributed by atoms with Gasteiger partial charge in [0.05, 0.1) is 0 Å². The van der Waals surface area contributed by atoms with Crippen LogP contribution in [0.4, 0.5) is 0 Å². The SMILES string of the molecule is CC#CC(Cl)OC. The summed E-state index contributed by atoms with van der Waals surface area (Å²) in [5.41, 5.74) is -0.440. The van der Waals surface area contributed by atoms with Gasteiger partial charge in [0.2, 0.25) is 0 Å². The van der Waals surface area contributed by atoms with E-state index in [9.17, 15) is 0 Å². The molecule has 0 aromatic rings. The van der Waals surface area contributed by atoms with Crippen molar-refractivity contribution in [1.29, 1.82) is 0 Å². The smallest absolute Gasteiger partial charge is 0.192 e. The van der Waals surface area contributed by atoms with Crippen LogP contribution in [0.25, 0.3) is 0 Å². The molecule has 0 amide bonds. The maximum Gasteiger partial charge on any atom is 0.192 e. The molecule has 0 aromatic heterocycles. The topological polar surface area (TPSA) is 9.23 Å². The summed E-state index contributed by atoms with van der Waals surface area (Å²) in [7, 11) is 1.52. The molecule has 0 rings (SSSR count). The molecule has 0 aliphatic rings. The van der Waals surface area contributed by atoms with E-state index in [0.717, 1.165) is 0 Å². The number of alkyl halides is 1. The van der Waals surface area contributed by atoms with Crippen LogP contribution in [-0.2, 0) is 4.74 Å². The summed E-state index contributed by atoms with van der Waals surface area (Å²) in [6.45, 7) is 1.72. The second-order valence-electron chi connectivity index (χ2n) is 0.946. The molecule has 1 atom stereocenters. The molecule has 0 aliphatic heterocycles. The minimum absolute atomic E-state index is 0.440. The fourth-order valence-corrected chi connectivity index (χ4v) is 0.282. The van der Waals surface area contributed by atoms with Gasteiger partial charge in [-0.25, -0.2) is 0 Å². The molecule has 1 unspecified atom stereocenters. The summed E-state index contributed by atoms with van der Waals surface area (Å²) in [4.78, 5) is 0. The van der Waals surface area contributed by atoms with Gasteiger partial charge in [0.1, 0.15) is 0 Å². The predicted molar refractivity (Wildman–Crippen MR) is 30.1 cm³/mol. The molecule has 7 heavy (non-hydrogen) atoms. The highest BCUT2D eigenvalue weighted by Gasteiger charge is 1.88. The van der Waals surface area contributed by atoms with Crippen molar-refractivity contribution in [2.24, 2.45) is 0 Å². The zero-order chi connectivity index (χ0) is 5.70. The van der Waals surface area contributed by atoms with E-state index in [1.54, 1.807) is 6.92 Å². The number of ether oxygens (including phenoxy) is 1. The Bertz CT molecular complexity index is 90.0. The standard InChI is InChI=1S/C5H7ClO/c1-3-4-5(6)7-2/h5H,1-2H3. The van der Waals surface area contributed by atoms with Gasteiger partial charge < -0.3 is 4.74 Å². The van der Waals surface area contributed by atoms with Crippen LogP contribution in [0.1, 0.15) is 6.92 Å². The van der Waals surface area contributed by atoms with Crippen molar-refractivity contribution in [1.82, 2.24) is 0 Å². The Labute approximate surface area is 48.6 Å². The van der Waals surface area contributed by atoms with Gasteiger partial charge in [0, 0.05) is 7.11 Å². The summed E-state index contributed by atoms with van der Waals surface area (Å²) >= 11 is 5.37. The van der Waals surface area contributed by atoms with E-state index in [4.69, 9.17) is 11.6 Å². The van der Waals surface area contributed by atoms with Crippen LogP contribution < -0.4 is 0 Å². The van der Waals surface area contributed by atoms with Crippen molar-refractivity contribution in [2.45, 2.75) is 12.5 Å². The Balaban J connectivity index is 3.29. The van der Waals surface area contributed by atoms with Crippen molar-refractivity contribution >= 4 is 11.6 Å². The van der Waals surface area contributed by atoms with Crippen molar-refractivity contribution in [3.05, 3.63) is 0 Å². The quantitative estimate of drug-likeness (QED) is 0.372. The molecule has 0 aromatic carbocycles. The maximum absolute atomic E-state index is 5.37. The monoisotopic (exact) mass is 118 g/mol. The molecular weight excluding hydrogens is 112 g/mol. The number of methoxy groups -OCH3 is 1. The predicted octanol–water partition coefficient (Wildman–Crippen LogP) is 1.22. The van der Waals surface area contributed by atoms with Crippen molar-refractivity contribution in [3.63, 3.8) is 0 Å². The molecule has 2 heteroatoms. The van der Waals surface area contributed by atoms with Crippen LogP contribution in [0.2, 0.25) is 0 Å². The maximum atomic E-state index is 5.37. The Morgan fingerprint density at radius 2 is 2.29 bits per heavy atom. The first-order valence-corrected chi connectivity index (χ1v) is 2.34. The van der Waals surface area contributed by atoms with Crippen LogP contribution in [0.3, 0.4) is 0 Å². The Morgan fingerprint density at radius 3 is 2.43 bits per heavy atom. The van der Waals surface area contributed by atoms with Crippen molar-refractivity contribution in [3.8, 4) is 11.8 Å². The van der Waals surface area contributed by atoms with E-state index >= 15 is 0 Å². The Kier molecular flexibility index (Phi) is 3.87. The van der Waals surface area contributed by atoms with Gasteiger partial charge in [-0.3, -0.25) is 0 Å². The summed E-state index contributed by atoms with van der Waals surface area (Å²) < 4.78 is 4.58. The van der Waals surface area contributed by atoms with Gasteiger partial charge in [0.25, 0.3) is 0 Å². The molecule has 0 spiro atoms. The lowest BCUT2D eigenvalue weighted by molar-refractivity contribution is 0.209. The summed E-state index contributed by atoms with van der Waals surface area (Å²) in [6.07, 6.45) is 0. The highest BCUT2D eigenvalue weighted by molar-refractivity contribution is 6.21. The third-order valence-electron chi connectivity index (χ3n) is 0.465. The van der Waals surface area contributed by atoms with Gasteiger partial charge in [0.15, 0.2) is 5.56 Å². The third-order valence-corrected chi connectivity index (χ3v) is 0.752. The van der Waals surface area contributed by atoms with Crippen LogP contribution in [-0.4, -0.2) is 12.7 Å². The highest BCUT2D eigenvalue weighted by atomic mass is 35.5. The second-order valence-corrected chi connectivity index (χ2v) is 1.34. The number of hydrogen-bond acceptors (Lipinski definition) is 1. The van der Waals surface area contributed by atoms with Gasteiger partial charge in [-0.2, -0.15) is 0 Å².